The number of nitrogens with one attached hydrogen (secondary N) is 1. The number of hydrogen-bond acceptors (Lipinski definition) is 3. The molecule has 1 aromatic carbocycles. The SMILES string of the molecule is N#Cc1cccc2c1[C@H]([C@@H]1CCCN1)OCC2. The minimum Gasteiger partial charge on any atom is -0.371 e. The molecular weight excluding hydrogens is 212 g/mol. The molecule has 3 rings (SSSR count). The molecule has 1 aromatic rings. The fourth-order valence-electron chi connectivity index (χ4n) is 2.93. The lowest BCUT2D eigenvalue weighted by Gasteiger charge is -2.31. The molecule has 2 aliphatic heterocycles. The Bertz CT molecular complexity index is 458. The van der Waals surface area contributed by atoms with Crippen LogP contribution in [0.3, 0.4) is 0 Å². The first-order valence-corrected chi connectivity index (χ1v) is 6.27. The van der Waals surface area contributed by atoms with Crippen molar-refractivity contribution in [3.8, 4) is 6.07 Å². The van der Waals surface area contributed by atoms with E-state index in [1.54, 1.807) is 0 Å². The zero-order valence-corrected chi connectivity index (χ0v) is 9.78. The van der Waals surface area contributed by atoms with Gasteiger partial charge in [0.25, 0.3) is 0 Å². The number of benzene rings is 1. The first-order valence-electron chi connectivity index (χ1n) is 6.27. The molecule has 0 aromatic heterocycles. The minimum atomic E-state index is 0.0668. The molecule has 0 unspecified atom stereocenters. The molecule has 0 spiro atoms. The van der Waals surface area contributed by atoms with Crippen molar-refractivity contribution in [1.82, 2.24) is 5.32 Å². The van der Waals surface area contributed by atoms with Crippen LogP contribution in [-0.2, 0) is 11.2 Å². The average Bonchev–Trinajstić information content (AvgIpc) is 2.91. The molecule has 0 bridgehead atoms. The summed E-state index contributed by atoms with van der Waals surface area (Å²) in [4.78, 5) is 0. The van der Waals surface area contributed by atoms with Crippen molar-refractivity contribution in [2.75, 3.05) is 13.2 Å². The lowest BCUT2D eigenvalue weighted by molar-refractivity contribution is 0.0197. The fraction of sp³-hybridized carbons (Fsp3) is 0.500. The molecule has 88 valence electrons. The number of rotatable bonds is 1. The van der Waals surface area contributed by atoms with E-state index >= 15 is 0 Å². The van der Waals surface area contributed by atoms with Crippen LogP contribution in [0.15, 0.2) is 18.2 Å². The van der Waals surface area contributed by atoms with Crippen molar-refractivity contribution in [3.05, 3.63) is 34.9 Å². The van der Waals surface area contributed by atoms with E-state index in [-0.39, 0.29) is 6.10 Å². The van der Waals surface area contributed by atoms with Gasteiger partial charge in [0.15, 0.2) is 0 Å². The molecule has 0 amide bonds. The van der Waals surface area contributed by atoms with Crippen molar-refractivity contribution in [2.45, 2.75) is 31.4 Å². The molecule has 0 radical (unpaired) electrons. The molecule has 1 fully saturated rings. The normalized spacial score (nSPS) is 27.5. The molecule has 0 saturated carbocycles. The molecule has 2 aliphatic rings. The molecule has 0 aliphatic carbocycles. The van der Waals surface area contributed by atoms with E-state index in [9.17, 15) is 5.26 Å². The van der Waals surface area contributed by atoms with Crippen LogP contribution in [-0.4, -0.2) is 19.2 Å². The molecule has 1 N–H and O–H groups in total. The number of ether oxygens (including phenoxy) is 1. The fourth-order valence-corrected chi connectivity index (χ4v) is 2.93. The highest BCUT2D eigenvalue weighted by Gasteiger charge is 2.32. The summed E-state index contributed by atoms with van der Waals surface area (Å²) in [6.07, 6.45) is 3.34. The van der Waals surface area contributed by atoms with Crippen LogP contribution < -0.4 is 5.32 Å². The zero-order valence-electron chi connectivity index (χ0n) is 9.78. The van der Waals surface area contributed by atoms with Crippen LogP contribution in [0.1, 0.15) is 35.6 Å². The van der Waals surface area contributed by atoms with Crippen molar-refractivity contribution in [2.24, 2.45) is 0 Å². The standard InChI is InChI=1S/C14H16N2O/c15-9-11-4-1-3-10-6-8-17-14(13(10)11)12-5-2-7-16-12/h1,3-4,12,14,16H,2,5-8H2/t12-,14-/m0/s1. The van der Waals surface area contributed by atoms with Gasteiger partial charge in [-0.25, -0.2) is 0 Å². The van der Waals surface area contributed by atoms with Crippen molar-refractivity contribution < 1.29 is 4.74 Å². The summed E-state index contributed by atoms with van der Waals surface area (Å²) in [5.74, 6) is 0. The summed E-state index contributed by atoms with van der Waals surface area (Å²) in [5.41, 5.74) is 3.19. The van der Waals surface area contributed by atoms with Gasteiger partial charge < -0.3 is 10.1 Å². The van der Waals surface area contributed by atoms with Crippen molar-refractivity contribution in [3.63, 3.8) is 0 Å². The Balaban J connectivity index is 2.02. The van der Waals surface area contributed by atoms with Crippen LogP contribution in [0.4, 0.5) is 0 Å². The molecule has 2 atom stereocenters. The third-order valence-electron chi connectivity index (χ3n) is 3.73. The Morgan fingerprint density at radius 2 is 2.35 bits per heavy atom. The van der Waals surface area contributed by atoms with Gasteiger partial charge in [0.1, 0.15) is 0 Å². The van der Waals surface area contributed by atoms with E-state index in [2.05, 4.69) is 17.5 Å². The van der Waals surface area contributed by atoms with Gasteiger partial charge in [0, 0.05) is 11.6 Å². The van der Waals surface area contributed by atoms with Crippen LogP contribution in [0, 0.1) is 11.3 Å². The van der Waals surface area contributed by atoms with Crippen LogP contribution in [0.25, 0.3) is 0 Å². The van der Waals surface area contributed by atoms with Gasteiger partial charge in [-0.15, -0.1) is 0 Å². The monoisotopic (exact) mass is 228 g/mol. The second kappa shape index (κ2) is 4.48. The van der Waals surface area contributed by atoms with Gasteiger partial charge in [-0.05, 0) is 37.4 Å². The van der Waals surface area contributed by atoms with Gasteiger partial charge >= 0.3 is 0 Å². The van der Waals surface area contributed by atoms with Crippen LogP contribution in [0.5, 0.6) is 0 Å². The van der Waals surface area contributed by atoms with E-state index in [1.807, 2.05) is 12.1 Å². The lowest BCUT2D eigenvalue weighted by atomic mass is 9.89. The largest absolute Gasteiger partial charge is 0.371 e. The summed E-state index contributed by atoms with van der Waals surface area (Å²) >= 11 is 0. The predicted molar refractivity (Wildman–Crippen MR) is 64.6 cm³/mol. The molecular formula is C14H16N2O. The lowest BCUT2D eigenvalue weighted by Crippen LogP contribution is -2.34. The van der Waals surface area contributed by atoms with Gasteiger partial charge in [0.2, 0.25) is 0 Å². The number of hydrogen-bond donors (Lipinski definition) is 1. The highest BCUT2D eigenvalue weighted by Crippen LogP contribution is 2.34. The molecule has 3 heteroatoms. The summed E-state index contributed by atoms with van der Waals surface area (Å²) < 4.78 is 5.92. The maximum atomic E-state index is 9.23. The van der Waals surface area contributed by atoms with Crippen molar-refractivity contribution >= 4 is 0 Å². The van der Waals surface area contributed by atoms with Gasteiger partial charge in [-0.3, -0.25) is 0 Å². The number of nitrogens with zero attached hydrogens (tertiary/aromatic N) is 1. The Labute approximate surface area is 101 Å². The molecule has 3 nitrogen and oxygen atoms in total. The summed E-state index contributed by atoms with van der Waals surface area (Å²) in [6, 6.07) is 8.68. The van der Waals surface area contributed by atoms with E-state index in [4.69, 9.17) is 4.74 Å². The van der Waals surface area contributed by atoms with E-state index < -0.39 is 0 Å². The Morgan fingerprint density at radius 1 is 1.41 bits per heavy atom. The Hall–Kier alpha value is -1.37. The quantitative estimate of drug-likeness (QED) is 0.798. The van der Waals surface area contributed by atoms with Crippen LogP contribution >= 0.6 is 0 Å². The Morgan fingerprint density at radius 3 is 3.12 bits per heavy atom. The highest BCUT2D eigenvalue weighted by molar-refractivity contribution is 5.46. The van der Waals surface area contributed by atoms with Gasteiger partial charge in [-0.1, -0.05) is 12.1 Å². The number of fused-ring (bicyclic) bond motifs is 1. The zero-order chi connectivity index (χ0) is 11.7. The maximum Gasteiger partial charge on any atom is 0.0995 e. The maximum absolute atomic E-state index is 9.23. The molecule has 2 heterocycles. The molecule has 17 heavy (non-hydrogen) atoms. The summed E-state index contributed by atoms with van der Waals surface area (Å²) in [6.45, 7) is 1.83. The summed E-state index contributed by atoms with van der Waals surface area (Å²) in [5, 5.41) is 12.7. The first-order chi connectivity index (χ1) is 8.40. The van der Waals surface area contributed by atoms with E-state index in [0.717, 1.165) is 37.1 Å². The average molecular weight is 228 g/mol. The van der Waals surface area contributed by atoms with Crippen LogP contribution in [0.2, 0.25) is 0 Å². The van der Waals surface area contributed by atoms with Gasteiger partial charge in [-0.2, -0.15) is 5.26 Å². The Kier molecular flexibility index (Phi) is 2.84. The third kappa shape index (κ3) is 1.84. The second-order valence-electron chi connectivity index (χ2n) is 4.73. The third-order valence-corrected chi connectivity index (χ3v) is 3.73. The summed E-state index contributed by atoms with van der Waals surface area (Å²) in [7, 11) is 0. The topological polar surface area (TPSA) is 45.0 Å². The molecule has 1 saturated heterocycles. The number of nitriles is 1. The van der Waals surface area contributed by atoms with Crippen molar-refractivity contribution in [1.29, 1.82) is 5.26 Å². The van der Waals surface area contributed by atoms with Gasteiger partial charge in [0.05, 0.1) is 24.3 Å². The first kappa shape index (κ1) is 10.8. The predicted octanol–water partition coefficient (Wildman–Crippen LogP) is 1.92. The minimum absolute atomic E-state index is 0.0668. The highest BCUT2D eigenvalue weighted by atomic mass is 16.5. The van der Waals surface area contributed by atoms with E-state index in [1.165, 1.54) is 12.0 Å². The smallest absolute Gasteiger partial charge is 0.0995 e. The van der Waals surface area contributed by atoms with E-state index in [0.29, 0.717) is 6.04 Å². The second-order valence-corrected chi connectivity index (χ2v) is 4.73.